The summed E-state index contributed by atoms with van der Waals surface area (Å²) in [7, 11) is 1.63. The van der Waals surface area contributed by atoms with Gasteiger partial charge in [-0.15, -0.1) is 0 Å². The Balaban J connectivity index is 2.15. The van der Waals surface area contributed by atoms with Crippen LogP contribution >= 0.6 is 0 Å². The summed E-state index contributed by atoms with van der Waals surface area (Å²) in [6.07, 6.45) is 4.29. The molecule has 0 radical (unpaired) electrons. The molecule has 1 aromatic carbocycles. The highest BCUT2D eigenvalue weighted by atomic mass is 16.5. The molecule has 100 valence electrons. The maximum absolute atomic E-state index is 6.24. The number of hydrogen-bond acceptors (Lipinski definition) is 3. The van der Waals surface area contributed by atoms with Crippen molar-refractivity contribution in [2.75, 3.05) is 7.11 Å². The fourth-order valence-corrected chi connectivity index (χ4v) is 2.05. The van der Waals surface area contributed by atoms with E-state index in [2.05, 4.69) is 37.0 Å². The SMILES string of the molecule is COc1cncc(C(N)Cc2ccc(C)c(C)c2)c1. The molecule has 0 saturated heterocycles. The summed E-state index contributed by atoms with van der Waals surface area (Å²) in [5.41, 5.74) is 11.1. The predicted molar refractivity (Wildman–Crippen MR) is 77.3 cm³/mol. The van der Waals surface area contributed by atoms with Crippen molar-refractivity contribution in [3.05, 3.63) is 58.9 Å². The van der Waals surface area contributed by atoms with E-state index in [9.17, 15) is 0 Å². The summed E-state index contributed by atoms with van der Waals surface area (Å²) in [5, 5.41) is 0. The van der Waals surface area contributed by atoms with Crippen LogP contribution in [0.15, 0.2) is 36.7 Å². The smallest absolute Gasteiger partial charge is 0.137 e. The van der Waals surface area contributed by atoms with E-state index in [-0.39, 0.29) is 6.04 Å². The molecule has 1 atom stereocenters. The van der Waals surface area contributed by atoms with Gasteiger partial charge in [0.15, 0.2) is 0 Å². The average molecular weight is 256 g/mol. The lowest BCUT2D eigenvalue weighted by Crippen LogP contribution is -2.14. The van der Waals surface area contributed by atoms with Crippen LogP contribution in [0.4, 0.5) is 0 Å². The van der Waals surface area contributed by atoms with Crippen molar-refractivity contribution < 1.29 is 4.74 Å². The largest absolute Gasteiger partial charge is 0.495 e. The number of aryl methyl sites for hydroxylation is 2. The van der Waals surface area contributed by atoms with Crippen molar-refractivity contribution in [2.24, 2.45) is 5.73 Å². The molecular weight excluding hydrogens is 236 g/mol. The summed E-state index contributed by atoms with van der Waals surface area (Å²) in [4.78, 5) is 4.14. The third-order valence-electron chi connectivity index (χ3n) is 3.43. The van der Waals surface area contributed by atoms with Crippen LogP contribution in [0.2, 0.25) is 0 Å². The van der Waals surface area contributed by atoms with Crippen LogP contribution in [-0.4, -0.2) is 12.1 Å². The lowest BCUT2D eigenvalue weighted by molar-refractivity contribution is 0.411. The number of pyridine rings is 1. The Morgan fingerprint density at radius 1 is 1.16 bits per heavy atom. The van der Waals surface area contributed by atoms with Gasteiger partial charge < -0.3 is 10.5 Å². The summed E-state index contributed by atoms with van der Waals surface area (Å²) in [6, 6.07) is 8.35. The molecule has 0 aliphatic carbocycles. The van der Waals surface area contributed by atoms with Crippen molar-refractivity contribution in [3.8, 4) is 5.75 Å². The third kappa shape index (κ3) is 3.32. The van der Waals surface area contributed by atoms with Crippen LogP contribution in [0.5, 0.6) is 5.75 Å². The number of nitrogens with two attached hydrogens (primary N) is 1. The van der Waals surface area contributed by atoms with Crippen LogP contribution < -0.4 is 10.5 Å². The normalized spacial score (nSPS) is 12.2. The first kappa shape index (κ1) is 13.6. The second kappa shape index (κ2) is 5.85. The summed E-state index contributed by atoms with van der Waals surface area (Å²) in [5.74, 6) is 0.744. The van der Waals surface area contributed by atoms with Gasteiger partial charge in [-0.1, -0.05) is 18.2 Å². The molecule has 1 unspecified atom stereocenters. The number of benzene rings is 1. The zero-order valence-electron chi connectivity index (χ0n) is 11.7. The highest BCUT2D eigenvalue weighted by Crippen LogP contribution is 2.20. The lowest BCUT2D eigenvalue weighted by atomic mass is 9.98. The number of ether oxygens (including phenoxy) is 1. The van der Waals surface area contributed by atoms with Gasteiger partial charge in [-0.3, -0.25) is 4.98 Å². The molecule has 0 amide bonds. The van der Waals surface area contributed by atoms with Gasteiger partial charge in [0.2, 0.25) is 0 Å². The van der Waals surface area contributed by atoms with Gasteiger partial charge in [0.1, 0.15) is 5.75 Å². The second-order valence-corrected chi connectivity index (χ2v) is 4.89. The maximum atomic E-state index is 6.24. The van der Waals surface area contributed by atoms with Crippen LogP contribution in [0.25, 0.3) is 0 Å². The van der Waals surface area contributed by atoms with Crippen molar-refractivity contribution in [3.63, 3.8) is 0 Å². The molecule has 0 saturated carbocycles. The standard InChI is InChI=1S/C16H20N2O/c1-11-4-5-13(6-12(11)2)7-16(17)14-8-15(19-3)10-18-9-14/h4-6,8-10,16H,7,17H2,1-3H3. The van der Waals surface area contributed by atoms with Crippen LogP contribution in [0.1, 0.15) is 28.3 Å². The van der Waals surface area contributed by atoms with Gasteiger partial charge in [0, 0.05) is 12.2 Å². The summed E-state index contributed by atoms with van der Waals surface area (Å²) < 4.78 is 5.17. The molecule has 2 aromatic rings. The Hall–Kier alpha value is -1.87. The van der Waals surface area contributed by atoms with E-state index in [1.807, 2.05) is 6.07 Å². The minimum Gasteiger partial charge on any atom is -0.495 e. The first-order valence-corrected chi connectivity index (χ1v) is 6.41. The molecule has 19 heavy (non-hydrogen) atoms. The Morgan fingerprint density at radius 2 is 1.95 bits per heavy atom. The molecule has 3 nitrogen and oxygen atoms in total. The van der Waals surface area contributed by atoms with E-state index in [0.29, 0.717) is 0 Å². The van der Waals surface area contributed by atoms with E-state index in [1.165, 1.54) is 16.7 Å². The van der Waals surface area contributed by atoms with E-state index in [4.69, 9.17) is 10.5 Å². The highest BCUT2D eigenvalue weighted by molar-refractivity contribution is 5.32. The fourth-order valence-electron chi connectivity index (χ4n) is 2.05. The molecule has 2 rings (SSSR count). The van der Waals surface area contributed by atoms with Crippen molar-refractivity contribution in [1.29, 1.82) is 0 Å². The zero-order chi connectivity index (χ0) is 13.8. The molecule has 1 aromatic heterocycles. The van der Waals surface area contributed by atoms with Gasteiger partial charge in [-0.2, -0.15) is 0 Å². The topological polar surface area (TPSA) is 48.1 Å². The quantitative estimate of drug-likeness (QED) is 0.915. The Labute approximate surface area is 114 Å². The zero-order valence-corrected chi connectivity index (χ0v) is 11.7. The first-order chi connectivity index (χ1) is 9.10. The van der Waals surface area contributed by atoms with E-state index in [0.717, 1.165) is 17.7 Å². The van der Waals surface area contributed by atoms with Crippen LogP contribution in [-0.2, 0) is 6.42 Å². The van der Waals surface area contributed by atoms with Gasteiger partial charge in [0.25, 0.3) is 0 Å². The van der Waals surface area contributed by atoms with Crippen LogP contribution in [0.3, 0.4) is 0 Å². The minimum atomic E-state index is -0.0651. The number of rotatable bonds is 4. The Morgan fingerprint density at radius 3 is 2.63 bits per heavy atom. The number of methoxy groups -OCH3 is 1. The monoisotopic (exact) mass is 256 g/mol. The summed E-state index contributed by atoms with van der Waals surface area (Å²) >= 11 is 0. The molecule has 0 fully saturated rings. The highest BCUT2D eigenvalue weighted by Gasteiger charge is 2.09. The molecule has 0 aliphatic heterocycles. The number of aromatic nitrogens is 1. The maximum Gasteiger partial charge on any atom is 0.137 e. The Bertz CT molecular complexity index is 566. The van der Waals surface area contributed by atoms with E-state index < -0.39 is 0 Å². The number of hydrogen-bond donors (Lipinski definition) is 1. The fraction of sp³-hybridized carbons (Fsp3) is 0.312. The lowest BCUT2D eigenvalue weighted by Gasteiger charge is -2.13. The Kier molecular flexibility index (Phi) is 4.17. The molecule has 0 bridgehead atoms. The van der Waals surface area contributed by atoms with E-state index in [1.54, 1.807) is 19.5 Å². The molecular formula is C16H20N2O. The van der Waals surface area contributed by atoms with Gasteiger partial charge in [-0.25, -0.2) is 0 Å². The molecule has 0 spiro atoms. The van der Waals surface area contributed by atoms with Crippen molar-refractivity contribution >= 4 is 0 Å². The first-order valence-electron chi connectivity index (χ1n) is 6.41. The molecule has 3 heteroatoms. The third-order valence-corrected chi connectivity index (χ3v) is 3.43. The molecule has 0 aliphatic rings. The average Bonchev–Trinajstić information content (AvgIpc) is 2.43. The van der Waals surface area contributed by atoms with Gasteiger partial charge >= 0.3 is 0 Å². The second-order valence-electron chi connectivity index (χ2n) is 4.89. The van der Waals surface area contributed by atoms with Crippen LogP contribution in [0, 0.1) is 13.8 Å². The van der Waals surface area contributed by atoms with Gasteiger partial charge in [-0.05, 0) is 48.6 Å². The van der Waals surface area contributed by atoms with Gasteiger partial charge in [0.05, 0.1) is 13.3 Å². The summed E-state index contributed by atoms with van der Waals surface area (Å²) in [6.45, 7) is 4.24. The molecule has 1 heterocycles. The van der Waals surface area contributed by atoms with E-state index >= 15 is 0 Å². The van der Waals surface area contributed by atoms with Crippen molar-refractivity contribution in [1.82, 2.24) is 4.98 Å². The number of nitrogens with zero attached hydrogens (tertiary/aromatic N) is 1. The minimum absolute atomic E-state index is 0.0651. The van der Waals surface area contributed by atoms with Crippen molar-refractivity contribution in [2.45, 2.75) is 26.3 Å². The molecule has 2 N–H and O–H groups in total. The predicted octanol–water partition coefficient (Wildman–Crippen LogP) is 2.95.